The van der Waals surface area contributed by atoms with Gasteiger partial charge >= 0.3 is 5.97 Å². The van der Waals surface area contributed by atoms with Crippen LogP contribution in [-0.2, 0) is 22.4 Å². The first kappa shape index (κ1) is 20.5. The predicted molar refractivity (Wildman–Crippen MR) is 114 cm³/mol. The van der Waals surface area contributed by atoms with Crippen molar-refractivity contribution in [3.8, 4) is 0 Å². The van der Waals surface area contributed by atoms with Crippen molar-refractivity contribution in [2.24, 2.45) is 0 Å². The van der Waals surface area contributed by atoms with Gasteiger partial charge in [-0.1, -0.05) is 18.2 Å². The number of carboxylic acids is 1. The minimum absolute atomic E-state index is 0.0360. The fourth-order valence-electron chi connectivity index (χ4n) is 3.52. The minimum Gasteiger partial charge on any atom is -0.480 e. The van der Waals surface area contributed by atoms with Gasteiger partial charge in [-0.25, -0.2) is 9.37 Å². The average molecular weight is 423 g/mol. The molecule has 0 aliphatic rings. The molecule has 160 valence electrons. The van der Waals surface area contributed by atoms with Crippen molar-refractivity contribution < 1.29 is 19.1 Å². The smallest absolute Gasteiger partial charge is 0.321 e. The first-order chi connectivity index (χ1) is 15.0. The van der Waals surface area contributed by atoms with E-state index in [0.717, 1.165) is 16.5 Å². The normalized spacial score (nSPS) is 12.3. The number of hydrogen-bond acceptors (Lipinski definition) is 4. The van der Waals surface area contributed by atoms with Gasteiger partial charge in [0.25, 0.3) is 0 Å². The van der Waals surface area contributed by atoms with Crippen LogP contribution in [0.5, 0.6) is 0 Å². The number of carbonyl (C=O) groups excluding carboxylic acids is 1. The molecule has 1 amide bonds. The van der Waals surface area contributed by atoms with E-state index >= 15 is 0 Å². The zero-order valence-electron chi connectivity index (χ0n) is 16.6. The van der Waals surface area contributed by atoms with Crippen LogP contribution in [-0.4, -0.2) is 51.1 Å². The summed E-state index contributed by atoms with van der Waals surface area (Å²) < 4.78 is 13.3. The van der Waals surface area contributed by atoms with Crippen LogP contribution in [0.2, 0.25) is 0 Å². The number of fused-ring (bicyclic) bond motifs is 2. The fourth-order valence-corrected chi connectivity index (χ4v) is 3.52. The number of amides is 1. The highest BCUT2D eigenvalue weighted by molar-refractivity contribution is 5.83. The topological polar surface area (TPSA) is 123 Å². The summed E-state index contributed by atoms with van der Waals surface area (Å²) in [5, 5.41) is 16.1. The average Bonchev–Trinajstić information content (AvgIpc) is 3.34. The van der Waals surface area contributed by atoms with Gasteiger partial charge in [-0.05, 0) is 36.2 Å². The maximum atomic E-state index is 13.3. The third kappa shape index (κ3) is 4.89. The third-order valence-corrected chi connectivity index (χ3v) is 5.09. The number of aliphatic carboxylic acids is 1. The molecule has 4 rings (SSSR count). The molecule has 0 unspecified atom stereocenters. The summed E-state index contributed by atoms with van der Waals surface area (Å²) in [5.74, 6) is -1.39. The maximum absolute atomic E-state index is 13.3. The second kappa shape index (κ2) is 8.97. The lowest BCUT2D eigenvalue weighted by molar-refractivity contribution is -0.139. The summed E-state index contributed by atoms with van der Waals surface area (Å²) in [6, 6.07) is 11.0. The molecule has 0 saturated carbocycles. The quantitative estimate of drug-likeness (QED) is 0.282. The van der Waals surface area contributed by atoms with E-state index in [0.29, 0.717) is 29.8 Å². The number of imidazole rings is 1. The Morgan fingerprint density at radius 1 is 1.16 bits per heavy atom. The molecule has 0 bridgehead atoms. The van der Waals surface area contributed by atoms with Crippen molar-refractivity contribution in [2.75, 3.05) is 13.1 Å². The lowest BCUT2D eigenvalue weighted by atomic mass is 10.1. The van der Waals surface area contributed by atoms with Crippen LogP contribution in [0.4, 0.5) is 4.39 Å². The first-order valence-corrected chi connectivity index (χ1v) is 9.91. The van der Waals surface area contributed by atoms with Gasteiger partial charge in [0, 0.05) is 30.1 Å². The standard InChI is InChI=1S/C22H22FN5O3/c23-14-5-6-17-18(9-14)28-20(27-17)10-19(22(30)31)26-12-21(29)24-8-7-13-11-25-16-4-2-1-3-15(13)16/h1-6,9,11,19,25-26H,7-8,10,12H2,(H,24,29)(H,27,28)(H,30,31)/t19-/m1/s1. The summed E-state index contributed by atoms with van der Waals surface area (Å²) in [5.41, 5.74) is 3.20. The zero-order valence-corrected chi connectivity index (χ0v) is 16.6. The van der Waals surface area contributed by atoms with Crippen LogP contribution < -0.4 is 10.6 Å². The highest BCUT2D eigenvalue weighted by Gasteiger charge is 2.20. The van der Waals surface area contributed by atoms with E-state index in [1.165, 1.54) is 18.2 Å². The zero-order chi connectivity index (χ0) is 21.8. The second-order valence-corrected chi connectivity index (χ2v) is 7.28. The number of para-hydroxylation sites is 1. The van der Waals surface area contributed by atoms with Gasteiger partial charge in [0.15, 0.2) is 0 Å². The Bertz CT molecular complexity index is 1230. The van der Waals surface area contributed by atoms with Gasteiger partial charge < -0.3 is 20.4 Å². The van der Waals surface area contributed by atoms with Crippen molar-refractivity contribution in [3.63, 3.8) is 0 Å². The molecule has 0 fully saturated rings. The molecule has 2 heterocycles. The van der Waals surface area contributed by atoms with E-state index < -0.39 is 17.8 Å². The number of nitrogens with one attached hydrogen (secondary N) is 4. The van der Waals surface area contributed by atoms with Crippen LogP contribution in [0.15, 0.2) is 48.7 Å². The Labute approximate surface area is 176 Å². The van der Waals surface area contributed by atoms with Crippen LogP contribution in [0.1, 0.15) is 11.4 Å². The van der Waals surface area contributed by atoms with Gasteiger partial charge in [0.05, 0.1) is 17.6 Å². The molecule has 2 aromatic carbocycles. The molecule has 0 aliphatic heterocycles. The number of H-pyrrole nitrogens is 2. The van der Waals surface area contributed by atoms with Crippen molar-refractivity contribution in [1.29, 1.82) is 0 Å². The summed E-state index contributed by atoms with van der Waals surface area (Å²) in [6.45, 7) is 0.301. The molecule has 1 atom stereocenters. The number of halogens is 1. The number of rotatable bonds is 9. The number of carbonyl (C=O) groups is 2. The SMILES string of the molecule is O=C(CN[C@H](Cc1nc2ccc(F)cc2[nH]1)C(=O)O)NCCc1c[nH]c2ccccc12. The molecule has 9 heteroatoms. The van der Waals surface area contributed by atoms with Crippen LogP contribution in [0, 0.1) is 5.82 Å². The van der Waals surface area contributed by atoms with Gasteiger partial charge in [-0.15, -0.1) is 0 Å². The number of hydrogen-bond donors (Lipinski definition) is 5. The van der Waals surface area contributed by atoms with E-state index in [4.69, 9.17) is 0 Å². The molecule has 0 aliphatic carbocycles. The molecule has 31 heavy (non-hydrogen) atoms. The van der Waals surface area contributed by atoms with Gasteiger partial charge in [-0.2, -0.15) is 0 Å². The molecular weight excluding hydrogens is 401 g/mol. The summed E-state index contributed by atoms with van der Waals surface area (Å²) in [7, 11) is 0. The van der Waals surface area contributed by atoms with Gasteiger partial charge in [-0.3, -0.25) is 14.9 Å². The van der Waals surface area contributed by atoms with Gasteiger partial charge in [0.1, 0.15) is 17.7 Å². The monoisotopic (exact) mass is 423 g/mol. The van der Waals surface area contributed by atoms with E-state index in [-0.39, 0.29) is 18.9 Å². The fraction of sp³-hybridized carbons (Fsp3) is 0.227. The maximum Gasteiger partial charge on any atom is 0.321 e. The molecule has 2 aromatic heterocycles. The summed E-state index contributed by atoms with van der Waals surface area (Å²) in [4.78, 5) is 34.1. The van der Waals surface area contributed by atoms with Crippen LogP contribution >= 0.6 is 0 Å². The number of aromatic amines is 2. The van der Waals surface area contributed by atoms with E-state index in [1.807, 2.05) is 30.5 Å². The lowest BCUT2D eigenvalue weighted by Crippen LogP contribution is -2.44. The molecule has 0 spiro atoms. The number of aromatic nitrogens is 3. The molecular formula is C22H22FN5O3. The van der Waals surface area contributed by atoms with Crippen LogP contribution in [0.25, 0.3) is 21.9 Å². The third-order valence-electron chi connectivity index (χ3n) is 5.09. The largest absolute Gasteiger partial charge is 0.480 e. The van der Waals surface area contributed by atoms with Crippen molar-refractivity contribution in [3.05, 3.63) is 65.9 Å². The van der Waals surface area contributed by atoms with E-state index in [1.54, 1.807) is 0 Å². The predicted octanol–water partition coefficient (Wildman–Crippen LogP) is 2.13. The Kier molecular flexibility index (Phi) is 5.94. The first-order valence-electron chi connectivity index (χ1n) is 9.91. The van der Waals surface area contributed by atoms with Crippen molar-refractivity contribution in [1.82, 2.24) is 25.6 Å². The number of nitrogens with zero attached hydrogens (tertiary/aromatic N) is 1. The van der Waals surface area contributed by atoms with E-state index in [9.17, 15) is 19.1 Å². The molecule has 0 saturated heterocycles. The van der Waals surface area contributed by atoms with Gasteiger partial charge in [0.2, 0.25) is 5.91 Å². The number of benzene rings is 2. The Balaban J connectivity index is 1.28. The lowest BCUT2D eigenvalue weighted by Gasteiger charge is -2.13. The summed E-state index contributed by atoms with van der Waals surface area (Å²) in [6.07, 6.45) is 2.62. The van der Waals surface area contributed by atoms with E-state index in [2.05, 4.69) is 25.6 Å². The van der Waals surface area contributed by atoms with Crippen molar-refractivity contribution >= 4 is 33.8 Å². The second-order valence-electron chi connectivity index (χ2n) is 7.28. The highest BCUT2D eigenvalue weighted by atomic mass is 19.1. The molecule has 5 N–H and O–H groups in total. The summed E-state index contributed by atoms with van der Waals surface area (Å²) >= 11 is 0. The Hall–Kier alpha value is -3.72. The van der Waals surface area contributed by atoms with Crippen molar-refractivity contribution in [2.45, 2.75) is 18.9 Å². The Morgan fingerprint density at radius 3 is 2.84 bits per heavy atom. The minimum atomic E-state index is -1.10. The van der Waals surface area contributed by atoms with Crippen LogP contribution in [0.3, 0.4) is 0 Å². The molecule has 0 radical (unpaired) electrons. The highest BCUT2D eigenvalue weighted by Crippen LogP contribution is 2.17. The molecule has 8 nitrogen and oxygen atoms in total. The number of carboxylic acid groups (broad SMARTS) is 1. The molecule has 4 aromatic rings. The Morgan fingerprint density at radius 2 is 2.00 bits per heavy atom.